The van der Waals surface area contributed by atoms with Crippen molar-refractivity contribution in [3.8, 4) is 0 Å². The minimum absolute atomic E-state index is 0. The summed E-state index contributed by atoms with van der Waals surface area (Å²) in [6, 6.07) is 7.45. The molecular formula is C16H25Cl2N3O. The first-order valence-electron chi connectivity index (χ1n) is 7.53. The summed E-state index contributed by atoms with van der Waals surface area (Å²) < 4.78 is 0. The van der Waals surface area contributed by atoms with Crippen LogP contribution in [0.2, 0.25) is 5.02 Å². The molecule has 1 aliphatic rings. The van der Waals surface area contributed by atoms with Gasteiger partial charge < -0.3 is 15.5 Å². The second-order valence-electron chi connectivity index (χ2n) is 6.00. The lowest BCUT2D eigenvalue weighted by atomic mass is 10.0. The summed E-state index contributed by atoms with van der Waals surface area (Å²) in [6.07, 6.45) is 0.740. The molecule has 2 rings (SSSR count). The van der Waals surface area contributed by atoms with Crippen molar-refractivity contribution in [2.45, 2.75) is 26.3 Å². The number of nitrogens with two attached hydrogens (primary N) is 1. The summed E-state index contributed by atoms with van der Waals surface area (Å²) in [6.45, 7) is 7.17. The first kappa shape index (κ1) is 19.1. The van der Waals surface area contributed by atoms with Crippen LogP contribution in [-0.2, 0) is 4.79 Å². The topological polar surface area (TPSA) is 49.6 Å². The quantitative estimate of drug-likeness (QED) is 0.912. The summed E-state index contributed by atoms with van der Waals surface area (Å²) in [5.74, 6) is 0.510. The monoisotopic (exact) mass is 345 g/mol. The van der Waals surface area contributed by atoms with Crippen molar-refractivity contribution in [3.63, 3.8) is 0 Å². The molecular weight excluding hydrogens is 321 g/mol. The number of nitrogens with zero attached hydrogens (tertiary/aromatic N) is 2. The van der Waals surface area contributed by atoms with Gasteiger partial charge in [-0.1, -0.05) is 37.6 Å². The molecule has 1 saturated heterocycles. The molecule has 0 aliphatic carbocycles. The van der Waals surface area contributed by atoms with Crippen LogP contribution in [0.1, 0.15) is 20.3 Å². The van der Waals surface area contributed by atoms with Crippen molar-refractivity contribution in [2.75, 3.05) is 31.1 Å². The smallest absolute Gasteiger partial charge is 0.239 e. The van der Waals surface area contributed by atoms with Gasteiger partial charge in [0.05, 0.1) is 16.8 Å². The van der Waals surface area contributed by atoms with Gasteiger partial charge in [-0.15, -0.1) is 12.4 Å². The van der Waals surface area contributed by atoms with Crippen LogP contribution in [0.3, 0.4) is 0 Å². The molecule has 1 heterocycles. The molecule has 124 valence electrons. The van der Waals surface area contributed by atoms with E-state index in [9.17, 15) is 4.79 Å². The van der Waals surface area contributed by atoms with Crippen LogP contribution in [-0.4, -0.2) is 43.0 Å². The third-order valence-corrected chi connectivity index (χ3v) is 4.15. The number of carbonyl (C=O) groups is 1. The molecule has 1 atom stereocenters. The molecule has 0 aromatic heterocycles. The minimum Gasteiger partial charge on any atom is -0.367 e. The van der Waals surface area contributed by atoms with Crippen LogP contribution in [0.15, 0.2) is 24.3 Å². The number of anilines is 1. The number of benzene rings is 1. The number of halogens is 2. The number of amides is 1. The van der Waals surface area contributed by atoms with Gasteiger partial charge in [0, 0.05) is 26.2 Å². The standard InChI is InChI=1S/C16H24ClN3O.ClH/c1-12(2)11-14(18)16(21)20-9-7-19(8-10-20)15-6-4-3-5-13(15)17;/h3-6,12,14H,7-11,18H2,1-2H3;1H. The van der Waals surface area contributed by atoms with Gasteiger partial charge in [-0.3, -0.25) is 4.79 Å². The summed E-state index contributed by atoms with van der Waals surface area (Å²) in [5, 5.41) is 0.758. The normalized spacial score (nSPS) is 16.4. The average molecular weight is 346 g/mol. The number of para-hydroxylation sites is 1. The van der Waals surface area contributed by atoms with Gasteiger partial charge in [0.2, 0.25) is 5.91 Å². The van der Waals surface area contributed by atoms with Crippen LogP contribution in [0.5, 0.6) is 0 Å². The van der Waals surface area contributed by atoms with E-state index in [0.29, 0.717) is 19.0 Å². The highest BCUT2D eigenvalue weighted by atomic mass is 35.5. The Labute approximate surface area is 144 Å². The van der Waals surface area contributed by atoms with E-state index in [1.807, 2.05) is 29.2 Å². The Morgan fingerprint density at radius 2 is 1.82 bits per heavy atom. The van der Waals surface area contributed by atoms with Gasteiger partial charge in [-0.25, -0.2) is 0 Å². The fraction of sp³-hybridized carbons (Fsp3) is 0.562. The second-order valence-corrected chi connectivity index (χ2v) is 6.41. The largest absolute Gasteiger partial charge is 0.367 e. The molecule has 1 unspecified atom stereocenters. The van der Waals surface area contributed by atoms with E-state index in [0.717, 1.165) is 30.2 Å². The Morgan fingerprint density at radius 3 is 2.36 bits per heavy atom. The molecule has 1 fully saturated rings. The molecule has 6 heteroatoms. The number of hydrogen-bond donors (Lipinski definition) is 1. The Kier molecular flexibility index (Phi) is 7.46. The van der Waals surface area contributed by atoms with E-state index >= 15 is 0 Å². The maximum atomic E-state index is 12.3. The van der Waals surface area contributed by atoms with E-state index in [-0.39, 0.29) is 24.4 Å². The Balaban J connectivity index is 0.00000242. The van der Waals surface area contributed by atoms with Gasteiger partial charge in [0.25, 0.3) is 0 Å². The molecule has 1 aliphatic heterocycles. The highest BCUT2D eigenvalue weighted by molar-refractivity contribution is 6.33. The fourth-order valence-corrected chi connectivity index (χ4v) is 2.97. The third kappa shape index (κ3) is 4.77. The highest BCUT2D eigenvalue weighted by Gasteiger charge is 2.26. The van der Waals surface area contributed by atoms with Gasteiger partial charge in [-0.05, 0) is 24.5 Å². The number of rotatable bonds is 4. The van der Waals surface area contributed by atoms with E-state index in [4.69, 9.17) is 17.3 Å². The predicted molar refractivity (Wildman–Crippen MR) is 94.9 cm³/mol. The van der Waals surface area contributed by atoms with Crippen molar-refractivity contribution in [3.05, 3.63) is 29.3 Å². The molecule has 0 bridgehead atoms. The van der Waals surface area contributed by atoms with Gasteiger partial charge >= 0.3 is 0 Å². The van der Waals surface area contributed by atoms with Gasteiger partial charge in [-0.2, -0.15) is 0 Å². The van der Waals surface area contributed by atoms with Crippen molar-refractivity contribution in [2.24, 2.45) is 11.7 Å². The first-order chi connectivity index (χ1) is 9.99. The van der Waals surface area contributed by atoms with Crippen molar-refractivity contribution in [1.82, 2.24) is 4.90 Å². The highest BCUT2D eigenvalue weighted by Crippen LogP contribution is 2.26. The van der Waals surface area contributed by atoms with E-state index in [2.05, 4.69) is 18.7 Å². The molecule has 22 heavy (non-hydrogen) atoms. The van der Waals surface area contributed by atoms with E-state index in [1.165, 1.54) is 0 Å². The van der Waals surface area contributed by atoms with Crippen molar-refractivity contribution >= 4 is 35.6 Å². The van der Waals surface area contributed by atoms with Crippen LogP contribution in [0.25, 0.3) is 0 Å². The predicted octanol–water partition coefficient (Wildman–Crippen LogP) is 2.78. The van der Waals surface area contributed by atoms with Crippen LogP contribution in [0, 0.1) is 5.92 Å². The maximum absolute atomic E-state index is 12.3. The molecule has 0 saturated carbocycles. The molecule has 2 N–H and O–H groups in total. The van der Waals surface area contributed by atoms with Gasteiger partial charge in [0.1, 0.15) is 0 Å². The summed E-state index contributed by atoms with van der Waals surface area (Å²) in [5.41, 5.74) is 7.03. The molecule has 1 aromatic carbocycles. The zero-order chi connectivity index (χ0) is 15.4. The SMILES string of the molecule is CC(C)CC(N)C(=O)N1CCN(c2ccccc2Cl)CC1.Cl. The van der Waals surface area contributed by atoms with Crippen molar-refractivity contribution in [1.29, 1.82) is 0 Å². The lowest BCUT2D eigenvalue weighted by Gasteiger charge is -2.37. The number of piperazine rings is 1. The zero-order valence-corrected chi connectivity index (χ0v) is 14.7. The summed E-state index contributed by atoms with van der Waals surface area (Å²) in [4.78, 5) is 16.4. The minimum atomic E-state index is -0.378. The van der Waals surface area contributed by atoms with E-state index < -0.39 is 0 Å². The maximum Gasteiger partial charge on any atom is 0.239 e. The van der Waals surface area contributed by atoms with Gasteiger partial charge in [0.15, 0.2) is 0 Å². The summed E-state index contributed by atoms with van der Waals surface area (Å²) in [7, 11) is 0. The van der Waals surface area contributed by atoms with Crippen LogP contribution < -0.4 is 10.6 Å². The Morgan fingerprint density at radius 1 is 1.23 bits per heavy atom. The summed E-state index contributed by atoms with van der Waals surface area (Å²) >= 11 is 6.22. The number of carbonyl (C=O) groups excluding carboxylic acids is 1. The second kappa shape index (κ2) is 8.61. The van der Waals surface area contributed by atoms with Crippen LogP contribution in [0.4, 0.5) is 5.69 Å². The van der Waals surface area contributed by atoms with Crippen molar-refractivity contribution < 1.29 is 4.79 Å². The van der Waals surface area contributed by atoms with E-state index in [1.54, 1.807) is 0 Å². The number of hydrogen-bond acceptors (Lipinski definition) is 3. The fourth-order valence-electron chi connectivity index (χ4n) is 2.72. The molecule has 1 amide bonds. The zero-order valence-electron chi connectivity index (χ0n) is 13.2. The lowest BCUT2D eigenvalue weighted by Crippen LogP contribution is -2.53. The molecule has 0 spiro atoms. The molecule has 4 nitrogen and oxygen atoms in total. The molecule has 0 radical (unpaired) electrons. The Bertz CT molecular complexity index is 488. The average Bonchev–Trinajstić information content (AvgIpc) is 2.46. The third-order valence-electron chi connectivity index (χ3n) is 3.83. The van der Waals surface area contributed by atoms with Crippen LogP contribution >= 0.6 is 24.0 Å². The first-order valence-corrected chi connectivity index (χ1v) is 7.90. The lowest BCUT2D eigenvalue weighted by molar-refractivity contribution is -0.133. The Hall–Kier alpha value is -0.970. The molecule has 1 aromatic rings.